The third-order valence-electron chi connectivity index (χ3n) is 4.93. The normalized spacial score (nSPS) is 15.0. The zero-order valence-electron chi connectivity index (χ0n) is 15.6. The number of aliphatic hydroxyl groups excluding tert-OH is 1. The van der Waals surface area contributed by atoms with Crippen LogP contribution in [0.4, 0.5) is 5.69 Å². The minimum Gasteiger partial charge on any atom is -0.387 e. The quantitative estimate of drug-likeness (QED) is 0.703. The average Bonchev–Trinajstić information content (AvgIpc) is 3.06. The number of carbonyl (C=O) groups is 2. The maximum atomic E-state index is 12.1. The SMILES string of the molecule is C[C@H](NC(=O)C(=O)NC[C@@H](O)c1ccc2c(c1)CCN2C)c1ccccc1. The fraction of sp³-hybridized carbons (Fsp3) is 0.333. The lowest BCUT2D eigenvalue weighted by atomic mass is 10.0. The Bertz CT molecular complexity index is 823. The maximum absolute atomic E-state index is 12.1. The number of amides is 2. The van der Waals surface area contributed by atoms with Crippen molar-refractivity contribution in [3.05, 3.63) is 65.2 Å². The Hall–Kier alpha value is -2.86. The summed E-state index contributed by atoms with van der Waals surface area (Å²) in [6.45, 7) is 2.77. The van der Waals surface area contributed by atoms with Gasteiger partial charge in [0.25, 0.3) is 0 Å². The lowest BCUT2D eigenvalue weighted by molar-refractivity contribution is -0.139. The van der Waals surface area contributed by atoms with Gasteiger partial charge in [-0.3, -0.25) is 9.59 Å². The number of nitrogens with one attached hydrogen (secondary N) is 2. The molecule has 2 aromatic rings. The summed E-state index contributed by atoms with van der Waals surface area (Å²) >= 11 is 0. The topological polar surface area (TPSA) is 81.7 Å². The first-order chi connectivity index (χ1) is 13.0. The Balaban J connectivity index is 1.52. The summed E-state index contributed by atoms with van der Waals surface area (Å²) < 4.78 is 0. The number of benzene rings is 2. The molecule has 6 heteroatoms. The number of fused-ring (bicyclic) bond motifs is 1. The fourth-order valence-corrected chi connectivity index (χ4v) is 3.27. The molecule has 27 heavy (non-hydrogen) atoms. The van der Waals surface area contributed by atoms with Crippen molar-refractivity contribution in [1.29, 1.82) is 0 Å². The highest BCUT2D eigenvalue weighted by atomic mass is 16.3. The van der Waals surface area contributed by atoms with Gasteiger partial charge in [-0.1, -0.05) is 42.5 Å². The van der Waals surface area contributed by atoms with E-state index in [4.69, 9.17) is 0 Å². The summed E-state index contributed by atoms with van der Waals surface area (Å²) in [5, 5.41) is 15.5. The van der Waals surface area contributed by atoms with Gasteiger partial charge < -0.3 is 20.6 Å². The lowest BCUT2D eigenvalue weighted by Crippen LogP contribution is -2.42. The average molecular weight is 367 g/mol. The van der Waals surface area contributed by atoms with E-state index in [1.54, 1.807) is 0 Å². The number of aliphatic hydroxyl groups is 1. The largest absolute Gasteiger partial charge is 0.387 e. The van der Waals surface area contributed by atoms with Gasteiger partial charge in [0.2, 0.25) is 0 Å². The van der Waals surface area contributed by atoms with Crippen molar-refractivity contribution in [3.63, 3.8) is 0 Å². The van der Waals surface area contributed by atoms with E-state index in [9.17, 15) is 14.7 Å². The number of carbonyl (C=O) groups excluding carboxylic acids is 2. The van der Waals surface area contributed by atoms with Gasteiger partial charge in [0.15, 0.2) is 0 Å². The number of anilines is 1. The van der Waals surface area contributed by atoms with Gasteiger partial charge in [-0.2, -0.15) is 0 Å². The molecule has 6 nitrogen and oxygen atoms in total. The minimum absolute atomic E-state index is 0.0133. The Labute approximate surface area is 159 Å². The van der Waals surface area contributed by atoms with Crippen LogP contribution < -0.4 is 15.5 Å². The number of hydrogen-bond acceptors (Lipinski definition) is 4. The molecule has 3 N–H and O–H groups in total. The second-order valence-electron chi connectivity index (χ2n) is 6.89. The molecule has 0 unspecified atom stereocenters. The molecule has 2 atom stereocenters. The minimum atomic E-state index is -0.857. The first kappa shape index (κ1) is 18.9. The molecule has 2 amide bonds. The van der Waals surface area contributed by atoms with Crippen molar-refractivity contribution in [2.24, 2.45) is 0 Å². The van der Waals surface area contributed by atoms with Crippen LogP contribution >= 0.6 is 0 Å². The Morgan fingerprint density at radius 2 is 1.85 bits per heavy atom. The van der Waals surface area contributed by atoms with Gasteiger partial charge in [0.05, 0.1) is 12.1 Å². The molecule has 142 valence electrons. The van der Waals surface area contributed by atoms with E-state index in [0.29, 0.717) is 0 Å². The highest BCUT2D eigenvalue weighted by molar-refractivity contribution is 6.35. The highest BCUT2D eigenvalue weighted by Gasteiger charge is 2.20. The molecule has 2 aromatic carbocycles. The first-order valence-corrected chi connectivity index (χ1v) is 9.11. The van der Waals surface area contributed by atoms with Gasteiger partial charge in [-0.05, 0) is 36.1 Å². The van der Waals surface area contributed by atoms with Gasteiger partial charge in [0.1, 0.15) is 0 Å². The number of rotatable bonds is 5. The van der Waals surface area contributed by atoms with Crippen molar-refractivity contribution in [2.45, 2.75) is 25.5 Å². The Morgan fingerprint density at radius 1 is 1.11 bits per heavy atom. The molecule has 0 saturated carbocycles. The zero-order chi connectivity index (χ0) is 19.4. The van der Waals surface area contributed by atoms with Crippen LogP contribution in [0.25, 0.3) is 0 Å². The van der Waals surface area contributed by atoms with E-state index in [-0.39, 0.29) is 12.6 Å². The van der Waals surface area contributed by atoms with Crippen LogP contribution in [0.15, 0.2) is 48.5 Å². The summed E-state index contributed by atoms with van der Waals surface area (Å²) in [6.07, 6.45) is 0.0860. The van der Waals surface area contributed by atoms with Crippen molar-refractivity contribution in [1.82, 2.24) is 10.6 Å². The van der Waals surface area contributed by atoms with Gasteiger partial charge in [-0.25, -0.2) is 0 Å². The number of likely N-dealkylation sites (N-methyl/N-ethyl adjacent to an activating group) is 1. The van der Waals surface area contributed by atoms with Crippen LogP contribution in [0.3, 0.4) is 0 Å². The highest BCUT2D eigenvalue weighted by Crippen LogP contribution is 2.29. The molecule has 1 heterocycles. The van der Waals surface area contributed by atoms with E-state index in [0.717, 1.165) is 24.1 Å². The lowest BCUT2D eigenvalue weighted by Gasteiger charge is -2.16. The standard InChI is InChI=1S/C21H25N3O3/c1-14(15-6-4-3-5-7-15)23-21(27)20(26)22-13-19(25)17-8-9-18-16(12-17)10-11-24(18)2/h3-9,12,14,19,25H,10-11,13H2,1-2H3,(H,22,26)(H,23,27)/t14-,19+/m0/s1. The molecular weight excluding hydrogens is 342 g/mol. The van der Waals surface area contributed by atoms with E-state index >= 15 is 0 Å². The van der Waals surface area contributed by atoms with Gasteiger partial charge >= 0.3 is 11.8 Å². The smallest absolute Gasteiger partial charge is 0.309 e. The molecule has 0 spiro atoms. The molecule has 0 saturated heterocycles. The van der Waals surface area contributed by atoms with Crippen LogP contribution in [0.1, 0.15) is 35.8 Å². The van der Waals surface area contributed by atoms with E-state index in [1.165, 1.54) is 11.3 Å². The van der Waals surface area contributed by atoms with E-state index in [1.807, 2.05) is 62.5 Å². The Morgan fingerprint density at radius 3 is 2.59 bits per heavy atom. The second-order valence-corrected chi connectivity index (χ2v) is 6.89. The number of nitrogens with zero attached hydrogens (tertiary/aromatic N) is 1. The predicted molar refractivity (Wildman–Crippen MR) is 104 cm³/mol. The summed E-state index contributed by atoms with van der Waals surface area (Å²) in [5.41, 5.74) is 4.02. The Kier molecular flexibility index (Phi) is 5.76. The maximum Gasteiger partial charge on any atom is 0.309 e. The summed E-state index contributed by atoms with van der Waals surface area (Å²) in [5.74, 6) is -1.47. The molecule has 1 aliphatic rings. The van der Waals surface area contributed by atoms with Gasteiger partial charge in [0, 0.05) is 25.8 Å². The number of hydrogen-bond donors (Lipinski definition) is 3. The van der Waals surface area contributed by atoms with Crippen LogP contribution in [0.2, 0.25) is 0 Å². The van der Waals surface area contributed by atoms with Crippen molar-refractivity contribution >= 4 is 17.5 Å². The fourth-order valence-electron chi connectivity index (χ4n) is 3.27. The molecular formula is C21H25N3O3. The third kappa shape index (κ3) is 4.46. The molecule has 1 aliphatic heterocycles. The van der Waals surface area contributed by atoms with Crippen LogP contribution in [0, 0.1) is 0 Å². The van der Waals surface area contributed by atoms with Crippen molar-refractivity contribution in [3.8, 4) is 0 Å². The molecule has 0 bridgehead atoms. The summed E-state index contributed by atoms with van der Waals surface area (Å²) in [7, 11) is 2.04. The molecule has 0 aliphatic carbocycles. The monoisotopic (exact) mass is 367 g/mol. The molecule has 0 fully saturated rings. The molecule has 3 rings (SSSR count). The summed E-state index contributed by atoms with van der Waals surface area (Å²) in [6, 6.07) is 15.0. The van der Waals surface area contributed by atoms with Crippen molar-refractivity contribution < 1.29 is 14.7 Å². The molecule has 0 radical (unpaired) electrons. The van der Waals surface area contributed by atoms with E-state index in [2.05, 4.69) is 15.5 Å². The van der Waals surface area contributed by atoms with Crippen LogP contribution in [0.5, 0.6) is 0 Å². The first-order valence-electron chi connectivity index (χ1n) is 9.11. The predicted octanol–water partition coefficient (Wildman–Crippen LogP) is 1.71. The third-order valence-corrected chi connectivity index (χ3v) is 4.93. The zero-order valence-corrected chi connectivity index (χ0v) is 15.6. The second kappa shape index (κ2) is 8.22. The summed E-state index contributed by atoms with van der Waals surface area (Å²) in [4.78, 5) is 26.3. The van der Waals surface area contributed by atoms with E-state index < -0.39 is 17.9 Å². The van der Waals surface area contributed by atoms with Crippen LogP contribution in [-0.2, 0) is 16.0 Å². The van der Waals surface area contributed by atoms with Crippen LogP contribution in [-0.4, -0.2) is 37.1 Å². The molecule has 0 aromatic heterocycles. The van der Waals surface area contributed by atoms with Crippen molar-refractivity contribution in [2.75, 3.05) is 25.0 Å². The van der Waals surface area contributed by atoms with Gasteiger partial charge in [-0.15, -0.1) is 0 Å².